The lowest BCUT2D eigenvalue weighted by molar-refractivity contribution is -0.135. The second kappa shape index (κ2) is 7.91. The van der Waals surface area contributed by atoms with E-state index in [1.807, 2.05) is 4.90 Å². The number of alkyl halides is 2. The minimum atomic E-state index is -2.85. The van der Waals surface area contributed by atoms with Crippen LogP contribution in [0.3, 0.4) is 0 Å². The number of carbonyl (C=O) groups excluding carboxylic acids is 2. The predicted octanol–water partition coefficient (Wildman–Crippen LogP) is 3.24. The summed E-state index contributed by atoms with van der Waals surface area (Å²) in [5, 5.41) is 10.2. The van der Waals surface area contributed by atoms with Crippen LogP contribution in [-0.2, 0) is 16.1 Å². The lowest BCUT2D eigenvalue weighted by Gasteiger charge is -2.38. The number of nitrogens with zero attached hydrogens (tertiary/aromatic N) is 3. The van der Waals surface area contributed by atoms with Gasteiger partial charge >= 0.3 is 6.43 Å². The van der Waals surface area contributed by atoms with Gasteiger partial charge in [0, 0.05) is 30.8 Å². The fourth-order valence-electron chi connectivity index (χ4n) is 4.75. The van der Waals surface area contributed by atoms with Crippen LogP contribution >= 0.6 is 0 Å². The van der Waals surface area contributed by atoms with Crippen LogP contribution in [-0.4, -0.2) is 51.7 Å². The number of benzene rings is 1. The summed E-state index contributed by atoms with van der Waals surface area (Å²) in [4.78, 5) is 27.8. The van der Waals surface area contributed by atoms with Gasteiger partial charge in [0.2, 0.25) is 5.89 Å². The van der Waals surface area contributed by atoms with Gasteiger partial charge in [0.05, 0.1) is 6.04 Å². The minimum Gasteiger partial charge on any atom is -0.415 e. The maximum Gasteiger partial charge on any atom is 0.314 e. The summed E-state index contributed by atoms with van der Waals surface area (Å²) < 4.78 is 36.0. The van der Waals surface area contributed by atoms with Crippen LogP contribution in [0.1, 0.15) is 66.8 Å². The van der Waals surface area contributed by atoms with Crippen molar-refractivity contribution in [2.45, 2.75) is 69.2 Å². The topological polar surface area (TPSA) is 97.6 Å². The molecule has 0 bridgehead atoms. The molecule has 2 fully saturated rings. The number of aromatic nitrogens is 2. The van der Waals surface area contributed by atoms with Gasteiger partial charge < -0.3 is 19.4 Å². The molecule has 5 rings (SSSR count). The lowest BCUT2D eigenvalue weighted by atomic mass is 9.89. The highest BCUT2D eigenvalue weighted by atomic mass is 19.3. The molecule has 0 unspecified atom stereocenters. The highest BCUT2D eigenvalue weighted by molar-refractivity contribution is 5.99. The Bertz CT molecular complexity index is 1050. The van der Waals surface area contributed by atoms with Crippen molar-refractivity contribution >= 4 is 11.8 Å². The smallest absolute Gasteiger partial charge is 0.314 e. The molecule has 0 saturated heterocycles. The monoisotopic (exact) mass is 446 g/mol. The summed E-state index contributed by atoms with van der Waals surface area (Å²) in [7, 11) is 1.55. The molecule has 2 atom stereocenters. The third-order valence-corrected chi connectivity index (χ3v) is 6.77. The van der Waals surface area contributed by atoms with Crippen LogP contribution < -0.4 is 5.32 Å². The summed E-state index contributed by atoms with van der Waals surface area (Å²) in [5.41, 5.74) is 1.04. The molecule has 1 aliphatic heterocycles. The Kier molecular flexibility index (Phi) is 5.19. The standard InChI is InChI=1S/C22H24F2N4O4/c1-31-22(8-9-22)21(30)25-15-4-2-3-5-16(15)28-11-13-7-6-12(10-14(13)20(28)29)18-26-27-19(32-18)17(23)24/h6-7,10,15-17H,2-5,8-9,11H2,1H3,(H,25,30)/t15-,16-/m1/s1. The van der Waals surface area contributed by atoms with Gasteiger partial charge in [-0.1, -0.05) is 18.9 Å². The molecule has 2 saturated carbocycles. The molecular weight excluding hydrogens is 422 g/mol. The second-order valence-corrected chi connectivity index (χ2v) is 8.68. The lowest BCUT2D eigenvalue weighted by Crippen LogP contribution is -2.55. The summed E-state index contributed by atoms with van der Waals surface area (Å²) in [6.45, 7) is 0.438. The zero-order valence-electron chi connectivity index (χ0n) is 17.6. The molecule has 32 heavy (non-hydrogen) atoms. The van der Waals surface area contributed by atoms with E-state index in [-0.39, 0.29) is 29.8 Å². The van der Waals surface area contributed by atoms with Gasteiger partial charge in [-0.15, -0.1) is 10.2 Å². The molecule has 3 aliphatic rings. The molecule has 2 heterocycles. The van der Waals surface area contributed by atoms with Crippen LogP contribution in [0.4, 0.5) is 8.78 Å². The summed E-state index contributed by atoms with van der Waals surface area (Å²) in [6, 6.07) is 4.84. The number of hydrogen-bond acceptors (Lipinski definition) is 6. The number of ether oxygens (including phenoxy) is 1. The predicted molar refractivity (Wildman–Crippen MR) is 108 cm³/mol. The van der Waals surface area contributed by atoms with Crippen molar-refractivity contribution in [1.29, 1.82) is 0 Å². The fourth-order valence-corrected chi connectivity index (χ4v) is 4.75. The van der Waals surface area contributed by atoms with Crippen molar-refractivity contribution in [2.24, 2.45) is 0 Å². The highest BCUT2D eigenvalue weighted by Crippen LogP contribution is 2.40. The van der Waals surface area contributed by atoms with Gasteiger partial charge in [0.25, 0.3) is 17.7 Å². The number of nitrogens with one attached hydrogen (secondary N) is 1. The Balaban J connectivity index is 1.35. The number of fused-ring (bicyclic) bond motifs is 1. The number of amides is 2. The highest BCUT2D eigenvalue weighted by Gasteiger charge is 2.51. The van der Waals surface area contributed by atoms with E-state index in [0.717, 1.165) is 31.2 Å². The van der Waals surface area contributed by atoms with E-state index in [2.05, 4.69) is 15.5 Å². The number of hydrogen-bond donors (Lipinski definition) is 1. The first-order valence-corrected chi connectivity index (χ1v) is 10.8. The third kappa shape index (κ3) is 3.56. The van der Waals surface area contributed by atoms with Crippen LogP contribution in [0.2, 0.25) is 0 Å². The van der Waals surface area contributed by atoms with E-state index in [9.17, 15) is 18.4 Å². The molecule has 2 amide bonds. The van der Waals surface area contributed by atoms with Gasteiger partial charge in [-0.2, -0.15) is 8.78 Å². The third-order valence-electron chi connectivity index (χ3n) is 6.77. The van der Waals surface area contributed by atoms with Gasteiger partial charge in [-0.05, 0) is 43.4 Å². The molecule has 1 N–H and O–H groups in total. The first kappa shape index (κ1) is 21.0. The number of rotatable bonds is 6. The SMILES string of the molecule is COC1(C(=O)N[C@@H]2CCCC[C@H]2N2Cc3ccc(-c4nnc(C(F)F)o4)cc3C2=O)CC1. The van der Waals surface area contributed by atoms with Crippen molar-refractivity contribution in [1.82, 2.24) is 20.4 Å². The van der Waals surface area contributed by atoms with Gasteiger partial charge in [-0.3, -0.25) is 9.59 Å². The van der Waals surface area contributed by atoms with Crippen LogP contribution in [0.5, 0.6) is 0 Å². The molecule has 10 heteroatoms. The van der Waals surface area contributed by atoms with Crippen LogP contribution in [0, 0.1) is 0 Å². The van der Waals surface area contributed by atoms with Gasteiger partial charge in [0.1, 0.15) is 5.60 Å². The number of methoxy groups -OCH3 is 1. The van der Waals surface area contributed by atoms with Crippen LogP contribution in [0.15, 0.2) is 22.6 Å². The molecule has 1 aromatic carbocycles. The Morgan fingerprint density at radius 1 is 1.28 bits per heavy atom. The molecule has 0 radical (unpaired) electrons. The van der Waals surface area contributed by atoms with Crippen molar-refractivity contribution in [2.75, 3.05) is 7.11 Å². The molecule has 1 aromatic heterocycles. The second-order valence-electron chi connectivity index (χ2n) is 8.68. The summed E-state index contributed by atoms with van der Waals surface area (Å²) in [5.74, 6) is -1.05. The Morgan fingerprint density at radius 3 is 2.75 bits per heavy atom. The summed E-state index contributed by atoms with van der Waals surface area (Å²) >= 11 is 0. The Morgan fingerprint density at radius 2 is 2.06 bits per heavy atom. The maximum absolute atomic E-state index is 13.3. The zero-order valence-corrected chi connectivity index (χ0v) is 17.6. The van der Waals surface area contributed by atoms with E-state index in [1.54, 1.807) is 25.3 Å². The summed E-state index contributed by atoms with van der Waals surface area (Å²) in [6.07, 6.45) is 2.16. The molecule has 0 spiro atoms. The first-order valence-electron chi connectivity index (χ1n) is 10.8. The Hall–Kier alpha value is -2.88. The minimum absolute atomic E-state index is 0.0496. The molecule has 2 aliphatic carbocycles. The average Bonchev–Trinajstić information content (AvgIpc) is 3.32. The quantitative estimate of drug-likeness (QED) is 0.732. The van der Waals surface area contributed by atoms with Gasteiger partial charge in [0.15, 0.2) is 0 Å². The number of halogens is 2. The van der Waals surface area contributed by atoms with Crippen molar-refractivity contribution in [3.63, 3.8) is 0 Å². The van der Waals surface area contributed by atoms with E-state index >= 15 is 0 Å². The normalized spacial score (nSPS) is 24.0. The zero-order chi connectivity index (χ0) is 22.5. The molecule has 2 aromatic rings. The van der Waals surface area contributed by atoms with Crippen LogP contribution in [0.25, 0.3) is 11.5 Å². The van der Waals surface area contributed by atoms with E-state index in [4.69, 9.17) is 9.15 Å². The van der Waals surface area contributed by atoms with Crippen molar-refractivity contribution < 1.29 is 27.5 Å². The molecule has 8 nitrogen and oxygen atoms in total. The Labute approximate surface area is 183 Å². The first-order chi connectivity index (χ1) is 15.4. The molecular formula is C22H24F2N4O4. The van der Waals surface area contributed by atoms with E-state index in [1.165, 1.54) is 0 Å². The molecule has 170 valence electrons. The van der Waals surface area contributed by atoms with E-state index < -0.39 is 17.9 Å². The average molecular weight is 446 g/mol. The van der Waals surface area contributed by atoms with E-state index in [0.29, 0.717) is 30.5 Å². The maximum atomic E-state index is 13.3. The van der Waals surface area contributed by atoms with Crippen molar-refractivity contribution in [3.05, 3.63) is 35.2 Å². The number of carbonyl (C=O) groups is 2. The fraction of sp³-hybridized carbons (Fsp3) is 0.545. The van der Waals surface area contributed by atoms with Gasteiger partial charge in [-0.25, -0.2) is 0 Å². The largest absolute Gasteiger partial charge is 0.415 e. The van der Waals surface area contributed by atoms with Crippen molar-refractivity contribution in [3.8, 4) is 11.5 Å².